The average Bonchev–Trinajstić information content (AvgIpc) is 2.29. The van der Waals surface area contributed by atoms with Crippen LogP contribution in [0.3, 0.4) is 0 Å². The van der Waals surface area contributed by atoms with Gasteiger partial charge in [-0.2, -0.15) is 0 Å². The van der Waals surface area contributed by atoms with E-state index in [1.54, 1.807) is 18.6 Å². The zero-order valence-corrected chi connectivity index (χ0v) is 8.56. The van der Waals surface area contributed by atoms with Crippen LogP contribution in [0.2, 0.25) is 0 Å². The van der Waals surface area contributed by atoms with E-state index in [1.807, 2.05) is 0 Å². The maximum Gasteiger partial charge on any atom is 0.305 e. The van der Waals surface area contributed by atoms with E-state index in [2.05, 4.69) is 26.5 Å². The van der Waals surface area contributed by atoms with Gasteiger partial charge in [-0.1, -0.05) is 5.92 Å². The molecule has 1 aromatic heterocycles. The predicted octanol–water partition coefficient (Wildman–Crippen LogP) is 1.17. The highest BCUT2D eigenvalue weighted by molar-refractivity contribution is 5.69. The van der Waals surface area contributed by atoms with Crippen molar-refractivity contribution in [3.63, 3.8) is 0 Å². The molecular formula is C11H12N2O2. The summed E-state index contributed by atoms with van der Waals surface area (Å²) in [5, 5.41) is 0. The fraction of sp³-hybridized carbons (Fsp3) is 0.364. The molecule has 0 saturated heterocycles. The molecule has 0 saturated carbocycles. The van der Waals surface area contributed by atoms with E-state index in [-0.39, 0.29) is 5.97 Å². The van der Waals surface area contributed by atoms with Crippen LogP contribution in [0.1, 0.15) is 25.0 Å². The maximum absolute atomic E-state index is 10.8. The summed E-state index contributed by atoms with van der Waals surface area (Å²) in [6.07, 6.45) is 6.57. The first-order valence-electron chi connectivity index (χ1n) is 4.64. The number of methoxy groups -OCH3 is 1. The highest BCUT2D eigenvalue weighted by atomic mass is 16.5. The summed E-state index contributed by atoms with van der Waals surface area (Å²) in [5.41, 5.74) is 0.649. The van der Waals surface area contributed by atoms with Crippen LogP contribution in [0, 0.1) is 11.8 Å². The van der Waals surface area contributed by atoms with E-state index >= 15 is 0 Å². The fourth-order valence-electron chi connectivity index (χ4n) is 0.940. The number of aromatic nitrogens is 2. The lowest BCUT2D eigenvalue weighted by atomic mass is 10.2. The van der Waals surface area contributed by atoms with E-state index in [0.29, 0.717) is 25.0 Å². The minimum absolute atomic E-state index is 0.198. The van der Waals surface area contributed by atoms with E-state index < -0.39 is 0 Å². The van der Waals surface area contributed by atoms with Gasteiger partial charge in [-0.3, -0.25) is 9.78 Å². The summed E-state index contributed by atoms with van der Waals surface area (Å²) in [6.45, 7) is 0. The molecule has 0 aromatic carbocycles. The lowest BCUT2D eigenvalue weighted by Crippen LogP contribution is -1.98. The van der Waals surface area contributed by atoms with Crippen LogP contribution in [0.25, 0.3) is 0 Å². The molecule has 0 N–H and O–H groups in total. The number of unbranched alkanes of at least 4 members (excludes halogenated alkanes) is 1. The minimum Gasteiger partial charge on any atom is -0.469 e. The quantitative estimate of drug-likeness (QED) is 0.421. The molecule has 0 amide bonds. The number of carbonyl (C=O) groups excluding carboxylic acids is 1. The molecule has 0 aliphatic rings. The van der Waals surface area contributed by atoms with Gasteiger partial charge in [0.05, 0.1) is 13.3 Å². The first-order valence-corrected chi connectivity index (χ1v) is 4.64. The van der Waals surface area contributed by atoms with Crippen molar-refractivity contribution < 1.29 is 9.53 Å². The molecule has 0 aliphatic carbocycles. The van der Waals surface area contributed by atoms with Gasteiger partial charge in [-0.25, -0.2) is 4.98 Å². The Morgan fingerprint density at radius 3 is 3.07 bits per heavy atom. The van der Waals surface area contributed by atoms with Crippen LogP contribution >= 0.6 is 0 Å². The second-order valence-electron chi connectivity index (χ2n) is 2.82. The fourth-order valence-corrected chi connectivity index (χ4v) is 0.940. The summed E-state index contributed by atoms with van der Waals surface area (Å²) in [5.74, 6) is 5.58. The molecule has 0 unspecified atom stereocenters. The Bertz CT molecular complexity index is 365. The molecule has 0 bridgehead atoms. The molecule has 15 heavy (non-hydrogen) atoms. The summed E-state index contributed by atoms with van der Waals surface area (Å²) in [7, 11) is 1.38. The van der Waals surface area contributed by atoms with Crippen molar-refractivity contribution in [2.24, 2.45) is 0 Å². The van der Waals surface area contributed by atoms with Crippen molar-refractivity contribution in [3.05, 3.63) is 24.3 Å². The van der Waals surface area contributed by atoms with E-state index in [9.17, 15) is 4.79 Å². The van der Waals surface area contributed by atoms with Crippen molar-refractivity contribution in [1.82, 2.24) is 9.97 Å². The van der Waals surface area contributed by atoms with Crippen molar-refractivity contribution in [3.8, 4) is 11.8 Å². The van der Waals surface area contributed by atoms with Crippen LogP contribution in [-0.2, 0) is 9.53 Å². The van der Waals surface area contributed by atoms with Gasteiger partial charge in [-0.15, -0.1) is 0 Å². The summed E-state index contributed by atoms with van der Waals surface area (Å²) in [4.78, 5) is 18.6. The zero-order valence-electron chi connectivity index (χ0n) is 8.56. The number of rotatable bonds is 3. The molecule has 0 fully saturated rings. The molecule has 4 nitrogen and oxygen atoms in total. The third-order valence-electron chi connectivity index (χ3n) is 1.69. The molecule has 1 rings (SSSR count). The Morgan fingerprint density at radius 1 is 1.53 bits per heavy atom. The van der Waals surface area contributed by atoms with Gasteiger partial charge >= 0.3 is 5.97 Å². The Hall–Kier alpha value is -1.89. The molecule has 4 heteroatoms. The topological polar surface area (TPSA) is 52.1 Å². The van der Waals surface area contributed by atoms with E-state index in [1.165, 1.54) is 7.11 Å². The third kappa shape index (κ3) is 4.77. The first-order chi connectivity index (χ1) is 7.33. The molecule has 0 aliphatic heterocycles. The SMILES string of the molecule is COC(=O)CCCC#Cc1cnccn1. The minimum atomic E-state index is -0.198. The van der Waals surface area contributed by atoms with E-state index in [0.717, 1.165) is 0 Å². The average molecular weight is 204 g/mol. The maximum atomic E-state index is 10.8. The van der Waals surface area contributed by atoms with Crippen molar-refractivity contribution in [2.75, 3.05) is 7.11 Å². The first kappa shape index (κ1) is 11.2. The van der Waals surface area contributed by atoms with E-state index in [4.69, 9.17) is 0 Å². The largest absolute Gasteiger partial charge is 0.469 e. The van der Waals surface area contributed by atoms with Crippen LogP contribution < -0.4 is 0 Å². The van der Waals surface area contributed by atoms with Crippen molar-refractivity contribution >= 4 is 5.97 Å². The predicted molar refractivity (Wildman–Crippen MR) is 54.8 cm³/mol. The number of hydrogen-bond donors (Lipinski definition) is 0. The van der Waals surface area contributed by atoms with Crippen LogP contribution in [0.4, 0.5) is 0 Å². The molecule has 1 aromatic rings. The van der Waals surface area contributed by atoms with Gasteiger partial charge in [0.2, 0.25) is 0 Å². The summed E-state index contributed by atoms with van der Waals surface area (Å²) >= 11 is 0. The summed E-state index contributed by atoms with van der Waals surface area (Å²) < 4.78 is 4.51. The number of ether oxygens (including phenoxy) is 1. The molecular weight excluding hydrogens is 192 g/mol. The number of esters is 1. The van der Waals surface area contributed by atoms with Crippen LogP contribution in [0.15, 0.2) is 18.6 Å². The van der Waals surface area contributed by atoms with Gasteiger partial charge in [0.15, 0.2) is 0 Å². The smallest absolute Gasteiger partial charge is 0.305 e. The second-order valence-corrected chi connectivity index (χ2v) is 2.82. The van der Waals surface area contributed by atoms with Crippen molar-refractivity contribution in [2.45, 2.75) is 19.3 Å². The van der Waals surface area contributed by atoms with Crippen LogP contribution in [0.5, 0.6) is 0 Å². The highest BCUT2D eigenvalue weighted by Crippen LogP contribution is 1.96. The van der Waals surface area contributed by atoms with Gasteiger partial charge in [-0.05, 0) is 12.3 Å². The zero-order chi connectivity index (χ0) is 10.9. The van der Waals surface area contributed by atoms with Crippen LogP contribution in [-0.4, -0.2) is 23.0 Å². The monoisotopic (exact) mass is 204 g/mol. The highest BCUT2D eigenvalue weighted by Gasteiger charge is 1.96. The standard InChI is InChI=1S/C11H12N2O2/c1-15-11(14)6-4-2-3-5-10-9-12-7-8-13-10/h7-9H,2,4,6H2,1H3. The molecule has 0 spiro atoms. The Labute approximate surface area is 88.7 Å². The van der Waals surface area contributed by atoms with Gasteiger partial charge in [0, 0.05) is 25.2 Å². The second kappa shape index (κ2) is 6.55. The molecule has 0 atom stereocenters. The normalized spacial score (nSPS) is 8.87. The van der Waals surface area contributed by atoms with Gasteiger partial charge in [0.1, 0.15) is 5.69 Å². The van der Waals surface area contributed by atoms with Gasteiger partial charge in [0.25, 0.3) is 0 Å². The van der Waals surface area contributed by atoms with Crippen molar-refractivity contribution in [1.29, 1.82) is 0 Å². The lowest BCUT2D eigenvalue weighted by molar-refractivity contribution is -0.140. The van der Waals surface area contributed by atoms with Gasteiger partial charge < -0.3 is 4.74 Å². The summed E-state index contributed by atoms with van der Waals surface area (Å²) in [6, 6.07) is 0. The Kier molecular flexibility index (Phi) is 4.88. The third-order valence-corrected chi connectivity index (χ3v) is 1.69. The molecule has 1 heterocycles. The Morgan fingerprint density at radius 2 is 2.40 bits per heavy atom. The number of carbonyl (C=O) groups is 1. The molecule has 0 radical (unpaired) electrons. The number of hydrogen-bond acceptors (Lipinski definition) is 4. The molecule has 78 valence electrons. The number of nitrogens with zero attached hydrogens (tertiary/aromatic N) is 2. The lowest BCUT2D eigenvalue weighted by Gasteiger charge is -1.94. The Balaban J connectivity index is 2.26.